The van der Waals surface area contributed by atoms with Crippen LogP contribution in [0.15, 0.2) is 30.3 Å². The van der Waals surface area contributed by atoms with E-state index in [1.54, 1.807) is 11.8 Å². The van der Waals surface area contributed by atoms with Crippen molar-refractivity contribution in [2.75, 3.05) is 13.1 Å². The molecule has 0 spiro atoms. The van der Waals surface area contributed by atoms with Gasteiger partial charge in [0.1, 0.15) is 6.61 Å². The summed E-state index contributed by atoms with van der Waals surface area (Å²) in [7, 11) is 0. The van der Waals surface area contributed by atoms with Gasteiger partial charge in [-0.05, 0) is 31.2 Å². The summed E-state index contributed by atoms with van der Waals surface area (Å²) < 4.78 is 5.30. The molecule has 1 saturated heterocycles. The minimum Gasteiger partial charge on any atom is -0.461 e. The molecule has 1 heterocycles. The third-order valence-electron chi connectivity index (χ3n) is 4.01. The molecule has 120 valence electrons. The zero-order valence-corrected chi connectivity index (χ0v) is 13.0. The average molecular weight is 304 g/mol. The van der Waals surface area contributed by atoms with Crippen molar-refractivity contribution < 1.29 is 14.3 Å². The third-order valence-corrected chi connectivity index (χ3v) is 4.01. The van der Waals surface area contributed by atoms with E-state index in [0.29, 0.717) is 32.0 Å². The van der Waals surface area contributed by atoms with Crippen LogP contribution in [0.5, 0.6) is 0 Å². The van der Waals surface area contributed by atoms with Crippen molar-refractivity contribution in [2.45, 2.75) is 38.8 Å². The number of rotatable bonds is 5. The minimum atomic E-state index is -0.451. The number of nitrogens with two attached hydrogens (primary N) is 1. The summed E-state index contributed by atoms with van der Waals surface area (Å²) in [6, 6.07) is 9.20. The van der Waals surface area contributed by atoms with Gasteiger partial charge in [-0.15, -0.1) is 0 Å². The fourth-order valence-electron chi connectivity index (χ4n) is 2.68. The number of carbonyl (C=O) groups excluding carboxylic acids is 2. The van der Waals surface area contributed by atoms with Crippen molar-refractivity contribution >= 4 is 11.9 Å². The largest absolute Gasteiger partial charge is 0.461 e. The lowest BCUT2D eigenvalue weighted by atomic mass is 9.93. The van der Waals surface area contributed by atoms with Crippen LogP contribution in [0.4, 0.5) is 0 Å². The molecular formula is C17H24N2O3. The Balaban J connectivity index is 1.69. The van der Waals surface area contributed by atoms with E-state index in [9.17, 15) is 9.59 Å². The molecule has 0 bridgehead atoms. The van der Waals surface area contributed by atoms with Gasteiger partial charge in [0.05, 0.1) is 6.04 Å². The molecule has 1 unspecified atom stereocenters. The zero-order chi connectivity index (χ0) is 15.9. The van der Waals surface area contributed by atoms with Gasteiger partial charge >= 0.3 is 5.97 Å². The van der Waals surface area contributed by atoms with E-state index in [0.717, 1.165) is 18.4 Å². The molecule has 0 saturated carbocycles. The Labute approximate surface area is 131 Å². The van der Waals surface area contributed by atoms with Gasteiger partial charge in [0.2, 0.25) is 5.91 Å². The van der Waals surface area contributed by atoms with Crippen molar-refractivity contribution in [2.24, 2.45) is 11.7 Å². The van der Waals surface area contributed by atoms with Gasteiger partial charge in [0, 0.05) is 19.5 Å². The fourth-order valence-corrected chi connectivity index (χ4v) is 2.68. The second kappa shape index (κ2) is 7.94. The van der Waals surface area contributed by atoms with Gasteiger partial charge in [-0.2, -0.15) is 0 Å². The van der Waals surface area contributed by atoms with Crippen LogP contribution in [-0.2, 0) is 20.9 Å². The van der Waals surface area contributed by atoms with E-state index in [4.69, 9.17) is 10.5 Å². The first-order chi connectivity index (χ1) is 10.6. The molecule has 1 aromatic carbocycles. The lowest BCUT2D eigenvalue weighted by Gasteiger charge is -2.32. The predicted octanol–water partition coefficient (Wildman–Crippen LogP) is 1.71. The van der Waals surface area contributed by atoms with Crippen LogP contribution in [-0.4, -0.2) is 35.9 Å². The van der Waals surface area contributed by atoms with E-state index >= 15 is 0 Å². The lowest BCUT2D eigenvalue weighted by Crippen LogP contribution is -2.46. The molecule has 0 radical (unpaired) electrons. The molecule has 1 fully saturated rings. The van der Waals surface area contributed by atoms with Gasteiger partial charge in [-0.1, -0.05) is 30.3 Å². The highest BCUT2D eigenvalue weighted by Gasteiger charge is 2.26. The molecule has 22 heavy (non-hydrogen) atoms. The Kier molecular flexibility index (Phi) is 5.95. The summed E-state index contributed by atoms with van der Waals surface area (Å²) in [6.45, 7) is 3.38. The highest BCUT2D eigenvalue weighted by molar-refractivity contribution is 5.81. The van der Waals surface area contributed by atoms with Crippen molar-refractivity contribution in [1.29, 1.82) is 0 Å². The molecule has 0 aromatic heterocycles. The highest BCUT2D eigenvalue weighted by atomic mass is 16.5. The molecule has 1 aromatic rings. The van der Waals surface area contributed by atoms with Crippen molar-refractivity contribution in [3.63, 3.8) is 0 Å². The monoisotopic (exact) mass is 304 g/mol. The van der Waals surface area contributed by atoms with Gasteiger partial charge in [-0.25, -0.2) is 0 Å². The summed E-state index contributed by atoms with van der Waals surface area (Å²) in [4.78, 5) is 25.5. The summed E-state index contributed by atoms with van der Waals surface area (Å²) in [6.07, 6.45) is 2.09. The number of amides is 1. The van der Waals surface area contributed by atoms with Gasteiger partial charge < -0.3 is 15.4 Å². The SMILES string of the molecule is CC(N)C(=O)N1CCC(CC(=O)OCc2ccccc2)CC1. The first kappa shape index (κ1) is 16.5. The van der Waals surface area contributed by atoms with Gasteiger partial charge in [-0.3, -0.25) is 9.59 Å². The number of piperidine rings is 1. The standard InChI is InChI=1S/C17H24N2O3/c1-13(18)17(21)19-9-7-14(8-10-19)11-16(20)22-12-15-5-3-2-4-6-15/h2-6,13-14H,7-12,18H2,1H3. The van der Waals surface area contributed by atoms with Gasteiger partial charge in [0.15, 0.2) is 0 Å². The molecule has 1 aliphatic heterocycles. The number of nitrogens with zero attached hydrogens (tertiary/aromatic N) is 1. The van der Waals surface area contributed by atoms with Crippen molar-refractivity contribution in [1.82, 2.24) is 4.90 Å². The molecule has 5 heteroatoms. The van der Waals surface area contributed by atoms with E-state index in [1.807, 2.05) is 30.3 Å². The van der Waals surface area contributed by atoms with E-state index in [1.165, 1.54) is 0 Å². The van der Waals surface area contributed by atoms with E-state index in [2.05, 4.69) is 0 Å². The van der Waals surface area contributed by atoms with Crippen LogP contribution in [0.25, 0.3) is 0 Å². The Morgan fingerprint density at radius 2 is 1.91 bits per heavy atom. The summed E-state index contributed by atoms with van der Waals surface area (Å²) in [5.74, 6) is 0.117. The predicted molar refractivity (Wildman–Crippen MR) is 83.8 cm³/mol. The molecule has 2 N–H and O–H groups in total. The molecule has 2 rings (SSSR count). The lowest BCUT2D eigenvalue weighted by molar-refractivity contribution is -0.146. The summed E-state index contributed by atoms with van der Waals surface area (Å²) in [5, 5.41) is 0. The Morgan fingerprint density at radius 3 is 2.50 bits per heavy atom. The number of hydrogen-bond acceptors (Lipinski definition) is 4. The normalized spacial score (nSPS) is 17.1. The third kappa shape index (κ3) is 4.84. The minimum absolute atomic E-state index is 0.00916. The smallest absolute Gasteiger partial charge is 0.306 e. The number of esters is 1. The molecule has 1 aliphatic rings. The maximum Gasteiger partial charge on any atom is 0.306 e. The number of likely N-dealkylation sites (tertiary alicyclic amines) is 1. The summed E-state index contributed by atoms with van der Waals surface area (Å²) in [5.41, 5.74) is 6.61. The van der Waals surface area contributed by atoms with Gasteiger partial charge in [0.25, 0.3) is 0 Å². The number of benzene rings is 1. The van der Waals surface area contributed by atoms with E-state index < -0.39 is 6.04 Å². The van der Waals surface area contributed by atoms with Crippen LogP contribution in [0.3, 0.4) is 0 Å². The molecule has 1 atom stereocenters. The number of carbonyl (C=O) groups is 2. The maximum atomic E-state index is 11.9. The Morgan fingerprint density at radius 1 is 1.27 bits per heavy atom. The van der Waals surface area contributed by atoms with Crippen LogP contribution in [0, 0.1) is 5.92 Å². The maximum absolute atomic E-state index is 11.9. The first-order valence-corrected chi connectivity index (χ1v) is 7.80. The second-order valence-electron chi connectivity index (χ2n) is 5.91. The van der Waals surface area contributed by atoms with Crippen LogP contribution in [0.1, 0.15) is 31.7 Å². The molecule has 5 nitrogen and oxygen atoms in total. The second-order valence-corrected chi connectivity index (χ2v) is 5.91. The quantitative estimate of drug-likeness (QED) is 0.841. The average Bonchev–Trinajstić information content (AvgIpc) is 2.54. The topological polar surface area (TPSA) is 72.6 Å². The molecule has 1 amide bonds. The highest BCUT2D eigenvalue weighted by Crippen LogP contribution is 2.21. The summed E-state index contributed by atoms with van der Waals surface area (Å²) >= 11 is 0. The van der Waals surface area contributed by atoms with E-state index in [-0.39, 0.29) is 11.9 Å². The first-order valence-electron chi connectivity index (χ1n) is 7.80. The fraction of sp³-hybridized carbons (Fsp3) is 0.529. The van der Waals surface area contributed by atoms with Crippen LogP contribution >= 0.6 is 0 Å². The van der Waals surface area contributed by atoms with Crippen LogP contribution in [0.2, 0.25) is 0 Å². The zero-order valence-electron chi connectivity index (χ0n) is 13.0. The van der Waals surface area contributed by atoms with Crippen molar-refractivity contribution in [3.05, 3.63) is 35.9 Å². The van der Waals surface area contributed by atoms with Crippen LogP contribution < -0.4 is 5.73 Å². The number of hydrogen-bond donors (Lipinski definition) is 1. The molecular weight excluding hydrogens is 280 g/mol. The Hall–Kier alpha value is -1.88. The number of ether oxygens (including phenoxy) is 1. The van der Waals surface area contributed by atoms with Crippen molar-refractivity contribution in [3.8, 4) is 0 Å². The Bertz CT molecular complexity index is 494. The molecule has 0 aliphatic carbocycles.